The van der Waals surface area contributed by atoms with Crippen LogP contribution >= 0.6 is 0 Å². The molecule has 1 heterocycles. The van der Waals surface area contributed by atoms with Gasteiger partial charge in [-0.2, -0.15) is 0 Å². The summed E-state index contributed by atoms with van der Waals surface area (Å²) in [4.78, 5) is 13.9. The largest absolute Gasteiger partial charge is 0.444 e. The fourth-order valence-corrected chi connectivity index (χ4v) is 2.50. The summed E-state index contributed by atoms with van der Waals surface area (Å²) < 4.78 is 5.44. The highest BCUT2D eigenvalue weighted by atomic mass is 16.6. The predicted octanol–water partition coefficient (Wildman–Crippen LogP) is 3.66. The smallest absolute Gasteiger partial charge is 0.410 e. The summed E-state index contributed by atoms with van der Waals surface area (Å²) in [6.45, 7) is 16.3. The van der Waals surface area contributed by atoms with Crippen molar-refractivity contribution in [3.05, 3.63) is 0 Å². The molecular weight excluding hydrogens is 264 g/mol. The molecule has 0 spiro atoms. The maximum atomic E-state index is 12.1. The summed E-state index contributed by atoms with van der Waals surface area (Å²) in [5.74, 6) is 0.732. The second-order valence-corrected chi connectivity index (χ2v) is 7.92. The molecule has 124 valence electrons. The van der Waals surface area contributed by atoms with Crippen molar-refractivity contribution in [2.75, 3.05) is 26.2 Å². The van der Waals surface area contributed by atoms with Crippen LogP contribution in [-0.4, -0.2) is 42.8 Å². The molecule has 0 aromatic heterocycles. The maximum Gasteiger partial charge on any atom is 0.410 e. The molecular formula is C17H34N2O2. The average molecular weight is 298 g/mol. The van der Waals surface area contributed by atoms with Gasteiger partial charge in [0.25, 0.3) is 0 Å². The molecule has 4 heteroatoms. The van der Waals surface area contributed by atoms with Crippen LogP contribution in [0.4, 0.5) is 4.79 Å². The van der Waals surface area contributed by atoms with Crippen molar-refractivity contribution in [1.29, 1.82) is 0 Å². The van der Waals surface area contributed by atoms with Gasteiger partial charge in [-0.3, -0.25) is 0 Å². The van der Waals surface area contributed by atoms with Crippen LogP contribution in [0.15, 0.2) is 0 Å². The van der Waals surface area contributed by atoms with Crippen molar-refractivity contribution in [3.63, 3.8) is 0 Å². The van der Waals surface area contributed by atoms with Crippen molar-refractivity contribution in [3.8, 4) is 0 Å². The minimum absolute atomic E-state index is 0.169. The summed E-state index contributed by atoms with van der Waals surface area (Å²) in [6, 6.07) is 0. The second kappa shape index (κ2) is 7.48. The Kier molecular flexibility index (Phi) is 6.51. The minimum atomic E-state index is -0.407. The lowest BCUT2D eigenvalue weighted by atomic mass is 9.80. The van der Waals surface area contributed by atoms with Gasteiger partial charge in [-0.1, -0.05) is 27.2 Å². The molecule has 0 bridgehead atoms. The van der Waals surface area contributed by atoms with Gasteiger partial charge in [-0.15, -0.1) is 0 Å². The quantitative estimate of drug-likeness (QED) is 0.842. The number of nitrogens with zero attached hydrogens (tertiary/aromatic N) is 1. The molecule has 21 heavy (non-hydrogen) atoms. The number of nitrogens with one attached hydrogen (secondary N) is 1. The van der Waals surface area contributed by atoms with Crippen LogP contribution < -0.4 is 5.32 Å². The zero-order valence-electron chi connectivity index (χ0n) is 14.8. The van der Waals surface area contributed by atoms with Gasteiger partial charge in [-0.05, 0) is 51.5 Å². The zero-order valence-corrected chi connectivity index (χ0v) is 14.8. The van der Waals surface area contributed by atoms with Crippen molar-refractivity contribution >= 4 is 6.09 Å². The number of amides is 1. The van der Waals surface area contributed by atoms with Gasteiger partial charge < -0.3 is 15.0 Å². The van der Waals surface area contributed by atoms with E-state index in [2.05, 4.69) is 26.1 Å². The number of piperidine rings is 1. The first-order chi connectivity index (χ1) is 9.65. The van der Waals surface area contributed by atoms with E-state index in [4.69, 9.17) is 4.74 Å². The van der Waals surface area contributed by atoms with Crippen molar-refractivity contribution in [2.24, 2.45) is 11.3 Å². The minimum Gasteiger partial charge on any atom is -0.444 e. The van der Waals surface area contributed by atoms with Crippen LogP contribution in [0.3, 0.4) is 0 Å². The number of rotatable bonds is 5. The number of carbonyl (C=O) groups excluding carboxylic acids is 1. The molecule has 4 nitrogen and oxygen atoms in total. The standard InChI is InChI=1S/C17H34N2O2/c1-7-14(2)12-18-13-17(6)8-10-19(11-9-17)15(20)21-16(3,4)5/h14,18H,7-13H2,1-6H3. The molecule has 1 amide bonds. The fraction of sp³-hybridized carbons (Fsp3) is 0.941. The van der Waals surface area contributed by atoms with Gasteiger partial charge in [0.05, 0.1) is 0 Å². The van der Waals surface area contributed by atoms with Crippen LogP contribution in [0, 0.1) is 11.3 Å². The summed E-state index contributed by atoms with van der Waals surface area (Å²) in [6.07, 6.45) is 3.13. The SMILES string of the molecule is CCC(C)CNCC1(C)CCN(C(=O)OC(C)(C)C)CC1. The van der Waals surface area contributed by atoms with Crippen molar-refractivity contribution in [2.45, 2.75) is 66.4 Å². The summed E-state index contributed by atoms with van der Waals surface area (Å²) in [7, 11) is 0. The van der Waals surface area contributed by atoms with Crippen LogP contribution in [0.2, 0.25) is 0 Å². The first kappa shape index (κ1) is 18.3. The lowest BCUT2D eigenvalue weighted by Gasteiger charge is -2.40. The Morgan fingerprint density at radius 2 is 1.90 bits per heavy atom. The van der Waals surface area contributed by atoms with E-state index in [1.165, 1.54) is 6.42 Å². The van der Waals surface area contributed by atoms with E-state index in [0.717, 1.165) is 44.9 Å². The highest BCUT2D eigenvalue weighted by molar-refractivity contribution is 5.68. The molecule has 1 rings (SSSR count). The van der Waals surface area contributed by atoms with Gasteiger partial charge in [-0.25, -0.2) is 4.79 Å². The third-order valence-corrected chi connectivity index (χ3v) is 4.36. The van der Waals surface area contributed by atoms with Crippen LogP contribution in [0.1, 0.15) is 60.8 Å². The van der Waals surface area contributed by atoms with E-state index >= 15 is 0 Å². The lowest BCUT2D eigenvalue weighted by Crippen LogP contribution is -2.47. The molecule has 0 aromatic carbocycles. The summed E-state index contributed by atoms with van der Waals surface area (Å²) >= 11 is 0. The van der Waals surface area contributed by atoms with E-state index in [1.807, 2.05) is 25.7 Å². The summed E-state index contributed by atoms with van der Waals surface area (Å²) in [5.41, 5.74) is -0.109. The molecule has 0 radical (unpaired) electrons. The van der Waals surface area contributed by atoms with Crippen molar-refractivity contribution < 1.29 is 9.53 Å². The van der Waals surface area contributed by atoms with Gasteiger partial charge in [0.2, 0.25) is 0 Å². The molecule has 1 N–H and O–H groups in total. The van der Waals surface area contributed by atoms with E-state index < -0.39 is 5.60 Å². The number of hydrogen-bond acceptors (Lipinski definition) is 3. The van der Waals surface area contributed by atoms with Gasteiger partial charge in [0.15, 0.2) is 0 Å². The average Bonchev–Trinajstić information content (AvgIpc) is 2.37. The lowest BCUT2D eigenvalue weighted by molar-refractivity contribution is 0.0119. The maximum absolute atomic E-state index is 12.1. The van der Waals surface area contributed by atoms with Crippen LogP contribution in [0.25, 0.3) is 0 Å². The third-order valence-electron chi connectivity index (χ3n) is 4.36. The van der Waals surface area contributed by atoms with Gasteiger partial charge in [0, 0.05) is 19.6 Å². The Morgan fingerprint density at radius 1 is 1.33 bits per heavy atom. The Hall–Kier alpha value is -0.770. The molecule has 1 fully saturated rings. The molecule has 0 saturated carbocycles. The normalized spacial score (nSPS) is 20.2. The van der Waals surface area contributed by atoms with Crippen LogP contribution in [0.5, 0.6) is 0 Å². The predicted molar refractivity (Wildman–Crippen MR) is 87.5 cm³/mol. The van der Waals surface area contributed by atoms with E-state index in [0.29, 0.717) is 5.41 Å². The number of ether oxygens (including phenoxy) is 1. The van der Waals surface area contributed by atoms with E-state index in [-0.39, 0.29) is 6.09 Å². The summed E-state index contributed by atoms with van der Waals surface area (Å²) in [5, 5.41) is 3.59. The monoisotopic (exact) mass is 298 g/mol. The highest BCUT2D eigenvalue weighted by Crippen LogP contribution is 2.30. The third kappa shape index (κ3) is 6.68. The first-order valence-corrected chi connectivity index (χ1v) is 8.34. The molecule has 0 aromatic rings. The van der Waals surface area contributed by atoms with E-state index in [1.54, 1.807) is 0 Å². The van der Waals surface area contributed by atoms with Crippen molar-refractivity contribution in [1.82, 2.24) is 10.2 Å². The number of hydrogen-bond donors (Lipinski definition) is 1. The van der Waals surface area contributed by atoms with Crippen LogP contribution in [-0.2, 0) is 4.74 Å². The molecule has 1 aliphatic heterocycles. The number of likely N-dealkylation sites (tertiary alicyclic amines) is 1. The zero-order chi connectivity index (χ0) is 16.1. The fourth-order valence-electron chi connectivity index (χ4n) is 2.50. The first-order valence-electron chi connectivity index (χ1n) is 8.34. The Morgan fingerprint density at radius 3 is 2.38 bits per heavy atom. The topological polar surface area (TPSA) is 41.6 Å². The Balaban J connectivity index is 2.35. The Bertz CT molecular complexity index is 328. The molecule has 1 atom stereocenters. The molecule has 0 aliphatic carbocycles. The van der Waals surface area contributed by atoms with Gasteiger partial charge >= 0.3 is 6.09 Å². The van der Waals surface area contributed by atoms with E-state index in [9.17, 15) is 4.79 Å². The molecule has 1 unspecified atom stereocenters. The second-order valence-electron chi connectivity index (χ2n) is 7.92. The molecule has 1 saturated heterocycles. The number of carbonyl (C=O) groups is 1. The molecule has 1 aliphatic rings. The Labute approximate surface area is 130 Å². The highest BCUT2D eigenvalue weighted by Gasteiger charge is 2.33. The van der Waals surface area contributed by atoms with Gasteiger partial charge in [0.1, 0.15) is 5.60 Å².